The third-order valence-electron chi connectivity index (χ3n) is 5.97. The number of hydrogen-bond donors (Lipinski definition) is 1. The predicted molar refractivity (Wildman–Crippen MR) is 124 cm³/mol. The summed E-state index contributed by atoms with van der Waals surface area (Å²) >= 11 is 0. The third kappa shape index (κ3) is 4.54. The van der Waals surface area contributed by atoms with Gasteiger partial charge in [0.25, 0.3) is 0 Å². The number of allylic oxidation sites excluding steroid dienone is 1. The fourth-order valence-electron chi connectivity index (χ4n) is 4.31. The Bertz CT molecular complexity index is 1100. The molecular weight excluding hydrogens is 402 g/mol. The Hall–Kier alpha value is -3.54. The van der Waals surface area contributed by atoms with Gasteiger partial charge in [0.1, 0.15) is 11.9 Å². The van der Waals surface area contributed by atoms with Crippen LogP contribution in [-0.2, 0) is 4.74 Å². The SMILES string of the molecule is COc1ccc(-n2nc(C)c(C3C=CC(OC(=O)NC(C)c4ccccc4)C3)c2C)cc1. The number of hydrogen-bond acceptors (Lipinski definition) is 4. The van der Waals surface area contributed by atoms with Gasteiger partial charge in [0, 0.05) is 17.2 Å². The molecule has 4 rings (SSSR count). The molecule has 1 aliphatic rings. The predicted octanol–water partition coefficient (Wildman–Crippen LogP) is 5.40. The quantitative estimate of drug-likeness (QED) is 0.531. The minimum Gasteiger partial charge on any atom is -0.497 e. The number of carbonyl (C=O) groups is 1. The molecule has 6 heteroatoms. The molecule has 0 fully saturated rings. The Morgan fingerprint density at radius 3 is 2.50 bits per heavy atom. The molecule has 1 amide bonds. The van der Waals surface area contributed by atoms with Gasteiger partial charge in [0.15, 0.2) is 0 Å². The Labute approximate surface area is 188 Å². The van der Waals surface area contributed by atoms with Gasteiger partial charge in [-0.3, -0.25) is 0 Å². The molecular formula is C26H29N3O3. The number of aryl methyl sites for hydroxylation is 1. The van der Waals surface area contributed by atoms with Gasteiger partial charge in [-0.25, -0.2) is 9.48 Å². The highest BCUT2D eigenvalue weighted by molar-refractivity contribution is 5.68. The van der Waals surface area contributed by atoms with E-state index in [0.717, 1.165) is 28.4 Å². The number of rotatable bonds is 6. The van der Waals surface area contributed by atoms with Crippen LogP contribution in [-0.4, -0.2) is 29.1 Å². The molecule has 3 atom stereocenters. The summed E-state index contributed by atoms with van der Waals surface area (Å²) in [5.41, 5.74) is 5.28. The van der Waals surface area contributed by atoms with E-state index in [2.05, 4.69) is 18.3 Å². The third-order valence-corrected chi connectivity index (χ3v) is 5.97. The number of nitrogens with one attached hydrogen (secondary N) is 1. The zero-order chi connectivity index (χ0) is 22.7. The summed E-state index contributed by atoms with van der Waals surface area (Å²) in [5, 5.41) is 7.67. The summed E-state index contributed by atoms with van der Waals surface area (Å²) < 4.78 is 12.9. The van der Waals surface area contributed by atoms with E-state index in [1.807, 2.05) is 79.2 Å². The zero-order valence-corrected chi connectivity index (χ0v) is 18.9. The molecule has 3 unspecified atom stereocenters. The van der Waals surface area contributed by atoms with Gasteiger partial charge in [0.2, 0.25) is 0 Å². The maximum Gasteiger partial charge on any atom is 0.408 e. The van der Waals surface area contributed by atoms with E-state index in [0.29, 0.717) is 6.42 Å². The van der Waals surface area contributed by atoms with E-state index < -0.39 is 6.09 Å². The molecule has 2 aromatic carbocycles. The van der Waals surface area contributed by atoms with E-state index in [1.54, 1.807) is 7.11 Å². The summed E-state index contributed by atoms with van der Waals surface area (Å²) in [7, 11) is 1.66. The van der Waals surface area contributed by atoms with Gasteiger partial charge in [-0.05, 0) is 63.1 Å². The maximum atomic E-state index is 12.4. The first-order valence-electron chi connectivity index (χ1n) is 10.9. The number of amides is 1. The second-order valence-corrected chi connectivity index (χ2v) is 8.14. The monoisotopic (exact) mass is 431 g/mol. The van der Waals surface area contributed by atoms with Crippen LogP contribution in [0, 0.1) is 13.8 Å². The minimum absolute atomic E-state index is 0.114. The minimum atomic E-state index is -0.404. The second kappa shape index (κ2) is 9.30. The molecule has 0 saturated carbocycles. The number of nitrogens with zero attached hydrogens (tertiary/aromatic N) is 2. The van der Waals surface area contributed by atoms with Crippen molar-refractivity contribution in [3.05, 3.63) is 89.3 Å². The molecule has 166 valence electrons. The van der Waals surface area contributed by atoms with Crippen molar-refractivity contribution in [1.29, 1.82) is 0 Å². The Morgan fingerprint density at radius 1 is 1.09 bits per heavy atom. The van der Waals surface area contributed by atoms with Crippen LogP contribution >= 0.6 is 0 Å². The lowest BCUT2D eigenvalue weighted by Crippen LogP contribution is -2.30. The molecule has 1 aliphatic carbocycles. The summed E-state index contributed by atoms with van der Waals surface area (Å²) in [6.45, 7) is 6.05. The lowest BCUT2D eigenvalue weighted by Gasteiger charge is -2.18. The van der Waals surface area contributed by atoms with E-state index in [9.17, 15) is 4.79 Å². The maximum absolute atomic E-state index is 12.4. The molecule has 0 spiro atoms. The average molecular weight is 432 g/mol. The molecule has 0 radical (unpaired) electrons. The molecule has 0 saturated heterocycles. The van der Waals surface area contributed by atoms with Crippen molar-refractivity contribution in [3.8, 4) is 11.4 Å². The first kappa shape index (κ1) is 21.7. The van der Waals surface area contributed by atoms with Gasteiger partial charge < -0.3 is 14.8 Å². The summed E-state index contributed by atoms with van der Waals surface area (Å²) in [6, 6.07) is 17.6. The average Bonchev–Trinajstić information content (AvgIpc) is 3.37. The van der Waals surface area contributed by atoms with Crippen molar-refractivity contribution in [1.82, 2.24) is 15.1 Å². The molecule has 6 nitrogen and oxygen atoms in total. The van der Waals surface area contributed by atoms with Crippen LogP contribution in [0.15, 0.2) is 66.7 Å². The van der Waals surface area contributed by atoms with Crippen LogP contribution in [0.4, 0.5) is 4.79 Å². The van der Waals surface area contributed by atoms with Gasteiger partial charge in [0.05, 0.1) is 24.5 Å². The standard InChI is InChI=1S/C26H29N3O3/c1-17(20-8-6-5-7-9-20)27-26(30)32-24-13-10-21(16-24)25-18(2)28-29(19(25)3)22-11-14-23(31-4)15-12-22/h5-15,17,21,24H,16H2,1-4H3,(H,27,30). The molecule has 32 heavy (non-hydrogen) atoms. The lowest BCUT2D eigenvalue weighted by atomic mass is 9.96. The second-order valence-electron chi connectivity index (χ2n) is 8.14. The Kier molecular flexibility index (Phi) is 6.30. The van der Waals surface area contributed by atoms with Gasteiger partial charge in [-0.15, -0.1) is 0 Å². The largest absolute Gasteiger partial charge is 0.497 e. The Morgan fingerprint density at radius 2 is 1.81 bits per heavy atom. The number of methoxy groups -OCH3 is 1. The molecule has 0 bridgehead atoms. The first-order valence-corrected chi connectivity index (χ1v) is 10.9. The number of ether oxygens (including phenoxy) is 2. The normalized spacial score (nSPS) is 18.4. The summed E-state index contributed by atoms with van der Waals surface area (Å²) in [5.74, 6) is 0.973. The van der Waals surface area contributed by atoms with E-state index in [1.165, 1.54) is 5.56 Å². The van der Waals surface area contributed by atoms with E-state index in [-0.39, 0.29) is 18.1 Å². The van der Waals surface area contributed by atoms with Crippen LogP contribution in [0.2, 0.25) is 0 Å². The van der Waals surface area contributed by atoms with Crippen LogP contribution in [0.5, 0.6) is 5.75 Å². The molecule has 0 aliphatic heterocycles. The molecule has 1 N–H and O–H groups in total. The summed E-state index contributed by atoms with van der Waals surface area (Å²) in [4.78, 5) is 12.4. The zero-order valence-electron chi connectivity index (χ0n) is 18.9. The van der Waals surface area contributed by atoms with Crippen molar-refractivity contribution < 1.29 is 14.3 Å². The smallest absolute Gasteiger partial charge is 0.408 e. The van der Waals surface area contributed by atoms with Crippen LogP contribution in [0.3, 0.4) is 0 Å². The van der Waals surface area contributed by atoms with Crippen molar-refractivity contribution in [2.75, 3.05) is 7.11 Å². The number of carbonyl (C=O) groups excluding carboxylic acids is 1. The van der Waals surface area contributed by atoms with Crippen LogP contribution < -0.4 is 10.1 Å². The number of benzene rings is 2. The lowest BCUT2D eigenvalue weighted by molar-refractivity contribution is 0.115. The van der Waals surface area contributed by atoms with Crippen LogP contribution in [0.25, 0.3) is 5.69 Å². The summed E-state index contributed by atoms with van der Waals surface area (Å²) in [6.07, 6.45) is 4.14. The molecule has 1 heterocycles. The van der Waals surface area contributed by atoms with Crippen molar-refractivity contribution in [2.24, 2.45) is 0 Å². The topological polar surface area (TPSA) is 65.4 Å². The first-order chi connectivity index (χ1) is 15.5. The number of aromatic nitrogens is 2. The molecule has 3 aromatic rings. The fourth-order valence-corrected chi connectivity index (χ4v) is 4.31. The van der Waals surface area contributed by atoms with Crippen molar-refractivity contribution in [2.45, 2.75) is 45.3 Å². The van der Waals surface area contributed by atoms with Crippen molar-refractivity contribution >= 4 is 6.09 Å². The highest BCUT2D eigenvalue weighted by Crippen LogP contribution is 2.35. The van der Waals surface area contributed by atoms with Crippen molar-refractivity contribution in [3.63, 3.8) is 0 Å². The van der Waals surface area contributed by atoms with E-state index >= 15 is 0 Å². The Balaban J connectivity index is 1.40. The van der Waals surface area contributed by atoms with Crippen LogP contribution in [0.1, 0.15) is 47.8 Å². The molecule has 1 aromatic heterocycles. The van der Waals surface area contributed by atoms with Gasteiger partial charge >= 0.3 is 6.09 Å². The van der Waals surface area contributed by atoms with Gasteiger partial charge in [-0.2, -0.15) is 5.10 Å². The highest BCUT2D eigenvalue weighted by atomic mass is 16.6. The highest BCUT2D eigenvalue weighted by Gasteiger charge is 2.28. The fraction of sp³-hybridized carbons (Fsp3) is 0.308. The van der Waals surface area contributed by atoms with Gasteiger partial charge in [-0.1, -0.05) is 36.4 Å². The number of alkyl carbamates (subject to hydrolysis) is 1. The van der Waals surface area contributed by atoms with E-state index in [4.69, 9.17) is 14.6 Å².